The highest BCUT2D eigenvalue weighted by Crippen LogP contribution is 2.28. The van der Waals surface area contributed by atoms with Gasteiger partial charge in [0.25, 0.3) is 11.8 Å². The molecule has 0 radical (unpaired) electrons. The van der Waals surface area contributed by atoms with Crippen molar-refractivity contribution < 1.29 is 14.4 Å². The van der Waals surface area contributed by atoms with E-state index in [1.165, 1.54) is 21.1 Å². The summed E-state index contributed by atoms with van der Waals surface area (Å²) in [5.41, 5.74) is 2.49. The molecule has 29 heavy (non-hydrogen) atoms. The summed E-state index contributed by atoms with van der Waals surface area (Å²) < 4.78 is 0. The summed E-state index contributed by atoms with van der Waals surface area (Å²) in [4.78, 5) is 42.4. The van der Waals surface area contributed by atoms with Gasteiger partial charge in [-0.15, -0.1) is 11.3 Å². The number of hydrogen-bond acceptors (Lipinski definition) is 4. The summed E-state index contributed by atoms with van der Waals surface area (Å²) in [5, 5.41) is 1.83. The van der Waals surface area contributed by atoms with E-state index in [0.717, 1.165) is 11.1 Å². The van der Waals surface area contributed by atoms with E-state index in [-0.39, 0.29) is 30.7 Å². The maximum atomic E-state index is 13.2. The predicted molar refractivity (Wildman–Crippen MR) is 113 cm³/mol. The molecule has 6 heteroatoms. The van der Waals surface area contributed by atoms with Crippen molar-refractivity contribution in [2.75, 3.05) is 4.90 Å². The van der Waals surface area contributed by atoms with Crippen molar-refractivity contribution in [3.05, 3.63) is 88.1 Å². The summed E-state index contributed by atoms with van der Waals surface area (Å²) in [6.07, 6.45) is -0.0172. The van der Waals surface area contributed by atoms with Crippen molar-refractivity contribution >= 4 is 34.7 Å². The summed E-state index contributed by atoms with van der Waals surface area (Å²) in [6.45, 7) is 2.21. The lowest BCUT2D eigenvalue weighted by atomic mass is 10.1. The molecule has 3 aromatic rings. The van der Waals surface area contributed by atoms with Crippen LogP contribution in [0.15, 0.2) is 72.1 Å². The van der Waals surface area contributed by atoms with E-state index < -0.39 is 6.04 Å². The van der Waals surface area contributed by atoms with E-state index in [1.54, 1.807) is 24.3 Å². The van der Waals surface area contributed by atoms with Gasteiger partial charge in [-0.05, 0) is 36.1 Å². The predicted octanol–water partition coefficient (Wildman–Crippen LogP) is 4.03. The smallest absolute Gasteiger partial charge is 0.264 e. The van der Waals surface area contributed by atoms with Crippen LogP contribution in [0.2, 0.25) is 0 Å². The second-order valence-corrected chi connectivity index (χ2v) is 7.97. The highest BCUT2D eigenvalue weighted by Gasteiger charge is 2.44. The Bertz CT molecular complexity index is 1030. The summed E-state index contributed by atoms with van der Waals surface area (Å²) in [5.74, 6) is -0.888. The number of thiophene rings is 1. The molecule has 0 saturated carbocycles. The average Bonchev–Trinajstić information content (AvgIpc) is 3.36. The van der Waals surface area contributed by atoms with Crippen molar-refractivity contribution in [3.63, 3.8) is 0 Å². The molecule has 1 atom stereocenters. The molecule has 146 valence electrons. The minimum absolute atomic E-state index is 0.0172. The second kappa shape index (κ2) is 8.01. The van der Waals surface area contributed by atoms with Crippen LogP contribution in [-0.4, -0.2) is 28.7 Å². The van der Waals surface area contributed by atoms with Crippen molar-refractivity contribution in [3.8, 4) is 0 Å². The van der Waals surface area contributed by atoms with Crippen LogP contribution in [0.4, 0.5) is 5.69 Å². The maximum Gasteiger partial charge on any atom is 0.264 e. The molecular formula is C23H20N2O3S. The van der Waals surface area contributed by atoms with Crippen molar-refractivity contribution in [2.45, 2.75) is 25.9 Å². The molecule has 2 aromatic carbocycles. The maximum absolute atomic E-state index is 13.2. The fourth-order valence-corrected chi connectivity index (χ4v) is 4.15. The highest BCUT2D eigenvalue weighted by molar-refractivity contribution is 7.12. The zero-order valence-electron chi connectivity index (χ0n) is 15.9. The minimum atomic E-state index is -0.821. The molecule has 2 heterocycles. The number of amides is 3. The molecule has 0 aliphatic carbocycles. The van der Waals surface area contributed by atoms with E-state index in [4.69, 9.17) is 0 Å². The molecule has 0 spiro atoms. The molecule has 1 unspecified atom stereocenters. The molecule has 1 aliphatic rings. The van der Waals surface area contributed by atoms with Gasteiger partial charge in [0, 0.05) is 6.54 Å². The number of imide groups is 1. The molecule has 0 N–H and O–H groups in total. The molecule has 3 amide bonds. The van der Waals surface area contributed by atoms with Gasteiger partial charge in [0.2, 0.25) is 5.91 Å². The van der Waals surface area contributed by atoms with E-state index >= 15 is 0 Å². The Hall–Kier alpha value is -3.25. The molecule has 1 aromatic heterocycles. The van der Waals surface area contributed by atoms with Gasteiger partial charge >= 0.3 is 0 Å². The highest BCUT2D eigenvalue weighted by atomic mass is 32.1. The van der Waals surface area contributed by atoms with Gasteiger partial charge in [-0.3, -0.25) is 14.4 Å². The lowest BCUT2D eigenvalue weighted by Crippen LogP contribution is -2.44. The second-order valence-electron chi connectivity index (χ2n) is 7.02. The van der Waals surface area contributed by atoms with Gasteiger partial charge in [-0.1, -0.05) is 54.1 Å². The Morgan fingerprint density at radius 2 is 1.76 bits per heavy atom. The number of carbonyl (C=O) groups excluding carboxylic acids is 3. The van der Waals surface area contributed by atoms with Crippen molar-refractivity contribution in [2.24, 2.45) is 0 Å². The fourth-order valence-electron chi connectivity index (χ4n) is 3.47. The largest absolute Gasteiger partial charge is 0.321 e. The molecule has 0 bridgehead atoms. The normalized spacial score (nSPS) is 16.3. The Morgan fingerprint density at radius 1 is 1.03 bits per heavy atom. The fraction of sp³-hybridized carbons (Fsp3) is 0.174. The average molecular weight is 404 g/mol. The van der Waals surface area contributed by atoms with Gasteiger partial charge in [0.05, 0.1) is 17.0 Å². The first-order chi connectivity index (χ1) is 14.0. The number of rotatable bonds is 5. The molecule has 5 nitrogen and oxygen atoms in total. The lowest BCUT2D eigenvalue weighted by Gasteiger charge is -2.27. The molecule has 1 saturated heterocycles. The quantitative estimate of drug-likeness (QED) is 0.603. The van der Waals surface area contributed by atoms with Crippen LogP contribution in [0, 0.1) is 6.92 Å². The molecular weight excluding hydrogens is 384 g/mol. The number of hydrogen-bond donors (Lipinski definition) is 0. The van der Waals surface area contributed by atoms with Crippen LogP contribution < -0.4 is 4.90 Å². The van der Waals surface area contributed by atoms with E-state index in [2.05, 4.69) is 0 Å². The number of anilines is 1. The van der Waals surface area contributed by atoms with Crippen LogP contribution in [0.25, 0.3) is 0 Å². The van der Waals surface area contributed by atoms with Crippen molar-refractivity contribution in [1.29, 1.82) is 0 Å². The van der Waals surface area contributed by atoms with Crippen LogP contribution in [0.5, 0.6) is 0 Å². The first-order valence-electron chi connectivity index (χ1n) is 9.36. The first-order valence-corrected chi connectivity index (χ1v) is 10.2. The Labute approximate surface area is 173 Å². The summed E-state index contributed by atoms with van der Waals surface area (Å²) >= 11 is 1.33. The van der Waals surface area contributed by atoms with Crippen LogP contribution in [-0.2, 0) is 16.1 Å². The minimum Gasteiger partial charge on any atom is -0.321 e. The lowest BCUT2D eigenvalue weighted by molar-refractivity contribution is -0.122. The van der Waals surface area contributed by atoms with Gasteiger partial charge in [-0.25, -0.2) is 4.90 Å². The third-order valence-corrected chi connectivity index (χ3v) is 5.84. The molecule has 1 fully saturated rings. The Kier molecular flexibility index (Phi) is 5.27. The Balaban J connectivity index is 1.66. The van der Waals surface area contributed by atoms with Gasteiger partial charge in [0.1, 0.15) is 6.04 Å². The number of aryl methyl sites for hydroxylation is 1. The first kappa shape index (κ1) is 19.1. The molecule has 4 rings (SSSR count). The summed E-state index contributed by atoms with van der Waals surface area (Å²) in [7, 11) is 0. The standard InChI is InChI=1S/C23H20N2O3S/c1-16-9-11-18(12-10-16)25-21(26)14-19(22(25)27)24(15-17-6-3-2-4-7-17)23(28)20-8-5-13-29-20/h2-13,19H,14-15H2,1H3. The number of nitrogens with zero attached hydrogens (tertiary/aromatic N) is 2. The third kappa shape index (κ3) is 3.84. The molecule has 1 aliphatic heterocycles. The van der Waals surface area contributed by atoms with Gasteiger partial charge in [-0.2, -0.15) is 0 Å². The SMILES string of the molecule is Cc1ccc(N2C(=O)CC(N(Cc3ccccc3)C(=O)c3cccs3)C2=O)cc1. The third-order valence-electron chi connectivity index (χ3n) is 4.98. The van der Waals surface area contributed by atoms with Gasteiger partial charge in [0.15, 0.2) is 0 Å². The monoisotopic (exact) mass is 404 g/mol. The van der Waals surface area contributed by atoms with Crippen molar-refractivity contribution in [1.82, 2.24) is 4.90 Å². The van der Waals surface area contributed by atoms with Gasteiger partial charge < -0.3 is 4.90 Å². The zero-order chi connectivity index (χ0) is 20.4. The van der Waals surface area contributed by atoms with E-state index in [9.17, 15) is 14.4 Å². The van der Waals surface area contributed by atoms with E-state index in [0.29, 0.717) is 10.6 Å². The summed E-state index contributed by atoms with van der Waals surface area (Å²) in [6, 6.07) is 19.5. The topological polar surface area (TPSA) is 57.7 Å². The number of carbonyl (C=O) groups is 3. The zero-order valence-corrected chi connectivity index (χ0v) is 16.8. The number of benzene rings is 2. The van der Waals surface area contributed by atoms with E-state index in [1.807, 2.05) is 54.8 Å². The van der Waals surface area contributed by atoms with Crippen LogP contribution >= 0.6 is 11.3 Å². The van der Waals surface area contributed by atoms with Crippen LogP contribution in [0.1, 0.15) is 27.2 Å². The van der Waals surface area contributed by atoms with Crippen LogP contribution in [0.3, 0.4) is 0 Å². The Morgan fingerprint density at radius 3 is 2.41 bits per heavy atom.